The molecule has 0 saturated carbocycles. The summed E-state index contributed by atoms with van der Waals surface area (Å²) < 4.78 is 166. The van der Waals surface area contributed by atoms with E-state index >= 15 is 0 Å². The molecule has 0 saturated heterocycles. The van der Waals surface area contributed by atoms with Crippen molar-refractivity contribution in [1.29, 1.82) is 42.1 Å². The van der Waals surface area contributed by atoms with Crippen molar-refractivity contribution in [3.05, 3.63) is 89.9 Å². The van der Waals surface area contributed by atoms with Crippen LogP contribution in [0.1, 0.15) is 67.3 Å². The molecule has 0 N–H and O–H groups in total. The van der Waals surface area contributed by atoms with Crippen molar-refractivity contribution in [2.45, 2.75) is 24.7 Å². The Labute approximate surface area is 279 Å². The summed E-state index contributed by atoms with van der Waals surface area (Å²) in [7, 11) is 0. The van der Waals surface area contributed by atoms with Crippen LogP contribution in [0.2, 0.25) is 0 Å². The molecule has 0 aliphatic rings. The highest BCUT2D eigenvalue weighted by atomic mass is 19.4. The molecule has 0 spiro atoms. The number of nitriles is 8. The van der Waals surface area contributed by atoms with Crippen LogP contribution in [0.3, 0.4) is 0 Å². The van der Waals surface area contributed by atoms with Crippen LogP contribution in [0.4, 0.5) is 52.7 Å². The Morgan fingerprint density at radius 3 is 0.750 bits per heavy atom. The monoisotopic (exact) mass is 730 g/mol. The number of benzene rings is 1. The summed E-state index contributed by atoms with van der Waals surface area (Å²) in [5.41, 5.74) is -26.6. The molecule has 1 aromatic carbocycles. The van der Waals surface area contributed by atoms with Crippen molar-refractivity contribution in [1.82, 2.24) is 9.97 Å². The Bertz CT molecular complexity index is 2280. The van der Waals surface area contributed by atoms with Crippen molar-refractivity contribution < 1.29 is 52.7 Å². The quantitative estimate of drug-likeness (QED) is 0.313. The van der Waals surface area contributed by atoms with E-state index in [1.54, 1.807) is 0 Å². The van der Waals surface area contributed by atoms with E-state index < -0.39 is 114 Å². The Hall–Kier alpha value is -7.66. The number of nitrogens with zero attached hydrogens (tertiary/aromatic N) is 10. The van der Waals surface area contributed by atoms with Gasteiger partial charge in [-0.1, -0.05) is 12.1 Å². The van der Waals surface area contributed by atoms with Gasteiger partial charge in [-0.3, -0.25) is 0 Å². The van der Waals surface area contributed by atoms with Crippen LogP contribution >= 0.6 is 0 Å². The van der Waals surface area contributed by atoms with Crippen LogP contribution in [0.25, 0.3) is 11.1 Å². The van der Waals surface area contributed by atoms with Gasteiger partial charge in [0.25, 0.3) is 0 Å². The first-order valence-electron chi connectivity index (χ1n) is 12.6. The summed E-state index contributed by atoms with van der Waals surface area (Å²) >= 11 is 0. The largest absolute Gasteiger partial charge is 0.434 e. The second kappa shape index (κ2) is 13.3. The fourth-order valence-electron chi connectivity index (χ4n) is 4.68. The highest BCUT2D eigenvalue weighted by Crippen LogP contribution is 2.42. The Morgan fingerprint density at radius 2 is 0.596 bits per heavy atom. The van der Waals surface area contributed by atoms with Gasteiger partial charge in [-0.2, -0.15) is 94.8 Å². The maximum atomic E-state index is 13.8. The van der Waals surface area contributed by atoms with Crippen LogP contribution in [-0.4, -0.2) is 9.97 Å². The number of halogens is 12. The summed E-state index contributed by atoms with van der Waals surface area (Å²) in [6.07, 6.45) is -23.4. The fourth-order valence-corrected chi connectivity index (χ4v) is 4.68. The summed E-state index contributed by atoms with van der Waals surface area (Å²) in [5.74, 6) is 0. The first-order valence-corrected chi connectivity index (χ1v) is 12.6. The number of hydrogen-bond donors (Lipinski definition) is 0. The van der Waals surface area contributed by atoms with E-state index in [9.17, 15) is 94.8 Å². The number of pyridine rings is 2. The van der Waals surface area contributed by atoms with E-state index in [4.69, 9.17) is 0 Å². The highest BCUT2D eigenvalue weighted by molar-refractivity contribution is 5.88. The molecule has 0 amide bonds. The average molecular weight is 730 g/mol. The molecule has 0 unspecified atom stereocenters. The van der Waals surface area contributed by atoms with E-state index in [0.29, 0.717) is 12.1 Å². The number of aromatic nitrogens is 2. The van der Waals surface area contributed by atoms with E-state index in [2.05, 4.69) is 9.97 Å². The van der Waals surface area contributed by atoms with Gasteiger partial charge >= 0.3 is 24.7 Å². The lowest BCUT2D eigenvalue weighted by atomic mass is 9.87. The molecule has 52 heavy (non-hydrogen) atoms. The van der Waals surface area contributed by atoms with Gasteiger partial charge in [-0.05, 0) is 0 Å². The SMILES string of the molecule is N#C/C(c1c(C#N)c(C(F)(F)F)nc(C(F)(F)F)c1C#N)=c1/cc/c(=C(\C#N)c2c(C#N)c(C(F)(F)F)nc(C(F)(F)F)c2C#N)c(C#N)c1C#N. The predicted molar refractivity (Wildman–Crippen MR) is 139 cm³/mol. The summed E-state index contributed by atoms with van der Waals surface area (Å²) in [5, 5.41) is 75.8. The number of rotatable bonds is 2. The predicted octanol–water partition coefficient (Wildman–Crippen LogP) is 5.23. The molecule has 0 bridgehead atoms. The normalized spacial score (nSPS) is 12.7. The average Bonchev–Trinajstić information content (AvgIpc) is 3.05. The molecule has 0 atom stereocenters. The third-order valence-electron chi connectivity index (χ3n) is 6.61. The molecule has 2 aromatic heterocycles. The molecule has 0 aliphatic heterocycles. The Balaban J connectivity index is 2.88. The maximum Gasteiger partial charge on any atom is 0.434 e. The highest BCUT2D eigenvalue weighted by Gasteiger charge is 2.47. The summed E-state index contributed by atoms with van der Waals surface area (Å²) in [6, 6.07) is 8.94. The van der Waals surface area contributed by atoms with Crippen molar-refractivity contribution in [2.24, 2.45) is 0 Å². The van der Waals surface area contributed by atoms with Gasteiger partial charge in [-0.15, -0.1) is 0 Å². The van der Waals surface area contributed by atoms with Crippen molar-refractivity contribution >= 4 is 11.1 Å². The molecule has 10 nitrogen and oxygen atoms in total. The molecule has 2 heterocycles. The maximum absolute atomic E-state index is 13.8. The molecule has 0 aliphatic carbocycles. The number of alkyl halides is 12. The third-order valence-corrected chi connectivity index (χ3v) is 6.61. The van der Waals surface area contributed by atoms with Gasteiger partial charge < -0.3 is 0 Å². The second-order valence-electron chi connectivity index (χ2n) is 9.41. The first-order chi connectivity index (χ1) is 24.0. The van der Waals surface area contributed by atoms with Gasteiger partial charge in [0.1, 0.15) is 48.6 Å². The van der Waals surface area contributed by atoms with Crippen LogP contribution in [-0.2, 0) is 24.7 Å². The lowest BCUT2D eigenvalue weighted by Gasteiger charge is -2.18. The second-order valence-corrected chi connectivity index (χ2v) is 9.41. The molecule has 3 rings (SSSR count). The van der Waals surface area contributed by atoms with Crippen molar-refractivity contribution in [2.75, 3.05) is 0 Å². The molecule has 0 radical (unpaired) electrons. The van der Waals surface area contributed by atoms with Crippen LogP contribution < -0.4 is 10.4 Å². The van der Waals surface area contributed by atoms with E-state index in [-0.39, 0.29) is 0 Å². The zero-order valence-electron chi connectivity index (χ0n) is 24.2. The minimum absolute atomic E-state index is 0.377. The minimum Gasteiger partial charge on any atom is -0.236 e. The first kappa shape index (κ1) is 38.8. The van der Waals surface area contributed by atoms with E-state index in [0.717, 1.165) is 36.4 Å². The van der Waals surface area contributed by atoms with Crippen LogP contribution in [0, 0.1) is 90.6 Å². The minimum atomic E-state index is -5.85. The van der Waals surface area contributed by atoms with Gasteiger partial charge in [0.2, 0.25) is 0 Å². The molecular formula is C30H2F12N10. The fraction of sp³-hybridized carbons (Fsp3) is 0.133. The smallest absolute Gasteiger partial charge is 0.236 e. The topological polar surface area (TPSA) is 216 Å². The van der Waals surface area contributed by atoms with Crippen molar-refractivity contribution in [3.8, 4) is 48.6 Å². The van der Waals surface area contributed by atoms with E-state index in [1.807, 2.05) is 0 Å². The summed E-state index contributed by atoms with van der Waals surface area (Å²) in [4.78, 5) is 4.75. The molecular weight excluding hydrogens is 728 g/mol. The zero-order valence-corrected chi connectivity index (χ0v) is 24.2. The van der Waals surface area contributed by atoms with Gasteiger partial charge in [0.15, 0.2) is 22.8 Å². The molecule has 3 aromatic rings. The van der Waals surface area contributed by atoms with Gasteiger partial charge in [0.05, 0.1) is 44.5 Å². The third kappa shape index (κ3) is 6.52. The Morgan fingerprint density at radius 1 is 0.385 bits per heavy atom. The van der Waals surface area contributed by atoms with Crippen LogP contribution in [0.5, 0.6) is 0 Å². The lowest BCUT2D eigenvalue weighted by molar-refractivity contribution is -0.151. The van der Waals surface area contributed by atoms with Gasteiger partial charge in [-0.25, -0.2) is 9.97 Å². The Kier molecular flexibility index (Phi) is 9.94. The molecule has 0 fully saturated rings. The standard InChI is InChI=1S/C30H2F12N10/c31-27(32,33)23-17(7-47)21(18(8-48)24(51-23)28(34,35)36)15(5-45)11-1-2-12(14(4-44)13(11)3-43)16(6-46)22-19(9-49)25(29(37,38)39)52-26(20(22)10-50)30(40,41)42/h1-2H/b15-11-,16-12+. The van der Waals surface area contributed by atoms with Crippen molar-refractivity contribution in [3.63, 3.8) is 0 Å². The lowest BCUT2D eigenvalue weighted by Crippen LogP contribution is -2.26. The molecule has 22 heteroatoms. The number of hydrogen-bond acceptors (Lipinski definition) is 10. The summed E-state index contributed by atoms with van der Waals surface area (Å²) in [6.45, 7) is 0. The zero-order chi connectivity index (χ0) is 39.7. The van der Waals surface area contributed by atoms with E-state index in [1.165, 1.54) is 12.1 Å². The molecule has 256 valence electrons. The van der Waals surface area contributed by atoms with Gasteiger partial charge in [0, 0.05) is 21.6 Å². The van der Waals surface area contributed by atoms with Crippen LogP contribution in [0.15, 0.2) is 12.1 Å².